The number of alkyl halides is 1. The van der Waals surface area contributed by atoms with E-state index in [0.29, 0.717) is 42.8 Å². The Hall–Kier alpha value is -0.940. The van der Waals surface area contributed by atoms with Crippen molar-refractivity contribution >= 4 is 11.6 Å². The number of hydrogen-bond acceptors (Lipinski definition) is 4. The van der Waals surface area contributed by atoms with Gasteiger partial charge in [-0.1, -0.05) is 25.4 Å². The molecule has 1 aromatic heterocycles. The van der Waals surface area contributed by atoms with Crippen LogP contribution >= 0.6 is 11.6 Å². The fourth-order valence-electron chi connectivity index (χ4n) is 2.78. The lowest BCUT2D eigenvalue weighted by molar-refractivity contribution is 0.0564. The molecule has 0 saturated carbocycles. The molecule has 1 aliphatic rings. The molecule has 4 nitrogen and oxygen atoms in total. The van der Waals surface area contributed by atoms with Crippen LogP contribution in [0, 0.1) is 5.92 Å². The van der Waals surface area contributed by atoms with Crippen LogP contribution in [0.5, 0.6) is 5.88 Å². The number of halogens is 2. The summed E-state index contributed by atoms with van der Waals surface area (Å²) in [7, 11) is 0. The second-order valence-corrected chi connectivity index (χ2v) is 6.54. The smallest absolute Gasteiger partial charge is 0.234 e. The van der Waals surface area contributed by atoms with Gasteiger partial charge >= 0.3 is 0 Å². The van der Waals surface area contributed by atoms with E-state index in [4.69, 9.17) is 16.3 Å². The summed E-state index contributed by atoms with van der Waals surface area (Å²) in [5.74, 6) is 0.948. The zero-order valence-electron chi connectivity index (χ0n) is 13.4. The SMILES string of the molecule is CCC(F)(CC)CN1CCC(COc2cc(Cl)cnn2)CC1. The van der Waals surface area contributed by atoms with Gasteiger partial charge in [0.25, 0.3) is 0 Å². The lowest BCUT2D eigenvalue weighted by Crippen LogP contribution is -2.44. The Balaban J connectivity index is 1.73. The second kappa shape index (κ2) is 8.06. The standard InChI is InChI=1S/C16H25ClFN3O/c1-3-16(18,4-2)12-21-7-5-13(6-8-21)11-22-15-9-14(17)10-19-20-15/h9-10,13H,3-8,11-12H2,1-2H3. The van der Waals surface area contributed by atoms with Gasteiger partial charge in [0.15, 0.2) is 0 Å². The Bertz CT molecular complexity index is 462. The van der Waals surface area contributed by atoms with E-state index < -0.39 is 5.67 Å². The first kappa shape index (κ1) is 17.4. The van der Waals surface area contributed by atoms with Gasteiger partial charge in [-0.25, -0.2) is 4.39 Å². The molecule has 22 heavy (non-hydrogen) atoms. The molecule has 0 N–H and O–H groups in total. The minimum absolute atomic E-state index is 0.467. The maximum Gasteiger partial charge on any atom is 0.234 e. The summed E-state index contributed by atoms with van der Waals surface area (Å²) >= 11 is 5.85. The molecule has 1 aliphatic heterocycles. The van der Waals surface area contributed by atoms with Crippen LogP contribution in [0.15, 0.2) is 12.3 Å². The maximum atomic E-state index is 14.4. The summed E-state index contributed by atoms with van der Waals surface area (Å²) in [4.78, 5) is 2.24. The van der Waals surface area contributed by atoms with Crippen molar-refractivity contribution in [2.24, 2.45) is 5.92 Å². The number of ether oxygens (including phenoxy) is 1. The van der Waals surface area contributed by atoms with Crippen LogP contribution in [0.4, 0.5) is 4.39 Å². The highest BCUT2D eigenvalue weighted by atomic mass is 35.5. The summed E-state index contributed by atoms with van der Waals surface area (Å²) in [5, 5.41) is 8.18. The molecule has 0 amide bonds. The number of aromatic nitrogens is 2. The van der Waals surface area contributed by atoms with Crippen molar-refractivity contribution in [3.05, 3.63) is 17.3 Å². The van der Waals surface area contributed by atoms with Crippen molar-refractivity contribution in [2.75, 3.05) is 26.2 Å². The highest BCUT2D eigenvalue weighted by molar-refractivity contribution is 6.30. The monoisotopic (exact) mass is 329 g/mol. The zero-order valence-corrected chi connectivity index (χ0v) is 14.2. The van der Waals surface area contributed by atoms with Crippen molar-refractivity contribution in [1.82, 2.24) is 15.1 Å². The molecule has 0 aliphatic carbocycles. The molecule has 0 radical (unpaired) electrons. The predicted molar refractivity (Wildman–Crippen MR) is 86.1 cm³/mol. The fourth-order valence-corrected chi connectivity index (χ4v) is 2.92. The van der Waals surface area contributed by atoms with E-state index in [0.717, 1.165) is 25.9 Å². The van der Waals surface area contributed by atoms with Gasteiger partial charge in [-0.3, -0.25) is 0 Å². The Morgan fingerprint density at radius 2 is 2.05 bits per heavy atom. The molecule has 1 fully saturated rings. The molecule has 0 aromatic carbocycles. The molecule has 2 rings (SSSR count). The third-order valence-electron chi connectivity index (χ3n) is 4.55. The number of nitrogens with zero attached hydrogens (tertiary/aromatic N) is 3. The Morgan fingerprint density at radius 1 is 1.36 bits per heavy atom. The van der Waals surface area contributed by atoms with Gasteiger partial charge in [0.1, 0.15) is 5.67 Å². The van der Waals surface area contributed by atoms with Crippen LogP contribution in [0.25, 0.3) is 0 Å². The molecule has 0 spiro atoms. The molecular formula is C16H25ClFN3O. The largest absolute Gasteiger partial charge is 0.476 e. The Morgan fingerprint density at radius 3 is 2.64 bits per heavy atom. The number of rotatable bonds is 7. The van der Waals surface area contributed by atoms with Crippen LogP contribution in [0.3, 0.4) is 0 Å². The molecule has 0 atom stereocenters. The molecule has 2 heterocycles. The molecular weight excluding hydrogens is 305 g/mol. The van der Waals surface area contributed by atoms with E-state index in [9.17, 15) is 4.39 Å². The highest BCUT2D eigenvalue weighted by Gasteiger charge is 2.30. The summed E-state index contributed by atoms with van der Waals surface area (Å²) in [6, 6.07) is 1.67. The third kappa shape index (κ3) is 5.06. The van der Waals surface area contributed by atoms with Crippen LogP contribution in [-0.4, -0.2) is 47.0 Å². The van der Waals surface area contributed by atoms with E-state index in [1.165, 1.54) is 6.20 Å². The lowest BCUT2D eigenvalue weighted by Gasteiger charge is -2.36. The van der Waals surface area contributed by atoms with Gasteiger partial charge in [-0.15, -0.1) is 5.10 Å². The normalized spacial score (nSPS) is 17.6. The van der Waals surface area contributed by atoms with E-state index in [1.54, 1.807) is 6.07 Å². The van der Waals surface area contributed by atoms with Crippen molar-refractivity contribution in [3.8, 4) is 5.88 Å². The molecule has 124 valence electrons. The quantitative estimate of drug-likeness (QED) is 0.763. The van der Waals surface area contributed by atoms with E-state index in [1.807, 2.05) is 13.8 Å². The summed E-state index contributed by atoms with van der Waals surface area (Å²) < 4.78 is 20.1. The highest BCUT2D eigenvalue weighted by Crippen LogP contribution is 2.25. The van der Waals surface area contributed by atoms with Gasteiger partial charge in [0.05, 0.1) is 17.8 Å². The van der Waals surface area contributed by atoms with E-state index >= 15 is 0 Å². The van der Waals surface area contributed by atoms with Gasteiger partial charge in [0, 0.05) is 12.6 Å². The molecule has 6 heteroatoms. The van der Waals surface area contributed by atoms with Crippen LogP contribution < -0.4 is 4.74 Å². The predicted octanol–water partition coefficient (Wildman–Crippen LogP) is 3.75. The lowest BCUT2D eigenvalue weighted by atomic mass is 9.94. The Kier molecular flexibility index (Phi) is 6.38. The number of piperidine rings is 1. The van der Waals surface area contributed by atoms with Gasteiger partial charge in [-0.2, -0.15) is 5.10 Å². The minimum atomic E-state index is -1.04. The first-order chi connectivity index (χ1) is 10.5. The summed E-state index contributed by atoms with van der Waals surface area (Å²) in [5.41, 5.74) is -1.04. The van der Waals surface area contributed by atoms with Crippen LogP contribution in [0.1, 0.15) is 39.5 Å². The number of hydrogen-bond donors (Lipinski definition) is 0. The molecule has 0 unspecified atom stereocenters. The van der Waals surface area contributed by atoms with Crippen molar-refractivity contribution in [1.29, 1.82) is 0 Å². The van der Waals surface area contributed by atoms with Crippen LogP contribution in [-0.2, 0) is 0 Å². The van der Waals surface area contributed by atoms with Crippen molar-refractivity contribution in [2.45, 2.75) is 45.2 Å². The third-order valence-corrected chi connectivity index (χ3v) is 4.75. The Labute approximate surface area is 137 Å². The molecule has 1 saturated heterocycles. The van der Waals surface area contributed by atoms with E-state index in [2.05, 4.69) is 15.1 Å². The van der Waals surface area contributed by atoms with Gasteiger partial charge in [0.2, 0.25) is 5.88 Å². The van der Waals surface area contributed by atoms with Gasteiger partial charge in [-0.05, 0) is 44.7 Å². The topological polar surface area (TPSA) is 38.2 Å². The fraction of sp³-hybridized carbons (Fsp3) is 0.750. The average Bonchev–Trinajstić information content (AvgIpc) is 2.54. The minimum Gasteiger partial charge on any atom is -0.476 e. The first-order valence-electron chi connectivity index (χ1n) is 8.07. The zero-order chi connectivity index (χ0) is 16.0. The van der Waals surface area contributed by atoms with Crippen molar-refractivity contribution < 1.29 is 9.13 Å². The first-order valence-corrected chi connectivity index (χ1v) is 8.44. The second-order valence-electron chi connectivity index (χ2n) is 6.10. The average molecular weight is 330 g/mol. The summed E-state index contributed by atoms with van der Waals surface area (Å²) in [6.45, 7) is 6.88. The maximum absolute atomic E-state index is 14.4. The number of likely N-dealkylation sites (tertiary alicyclic amines) is 1. The van der Waals surface area contributed by atoms with Gasteiger partial charge < -0.3 is 9.64 Å². The van der Waals surface area contributed by atoms with E-state index in [-0.39, 0.29) is 0 Å². The van der Waals surface area contributed by atoms with Crippen LogP contribution in [0.2, 0.25) is 5.02 Å². The summed E-state index contributed by atoms with van der Waals surface area (Å²) in [6.07, 6.45) is 4.70. The molecule has 1 aromatic rings. The van der Waals surface area contributed by atoms with Crippen molar-refractivity contribution in [3.63, 3.8) is 0 Å². The molecule has 0 bridgehead atoms.